The van der Waals surface area contributed by atoms with Crippen molar-refractivity contribution < 1.29 is 33.7 Å². The number of amides is 2. The summed E-state index contributed by atoms with van der Waals surface area (Å²) in [7, 11) is 1.58. The van der Waals surface area contributed by atoms with Crippen molar-refractivity contribution in [1.29, 1.82) is 0 Å². The molecule has 2 amide bonds. The van der Waals surface area contributed by atoms with Crippen molar-refractivity contribution in [3.05, 3.63) is 48.6 Å². The molecule has 9 heteroatoms. The van der Waals surface area contributed by atoms with Gasteiger partial charge in [-0.2, -0.15) is 0 Å². The van der Waals surface area contributed by atoms with Crippen LogP contribution in [0.2, 0.25) is 0 Å². The molecule has 4 aliphatic rings. The van der Waals surface area contributed by atoms with E-state index in [-0.39, 0.29) is 37.5 Å². The minimum atomic E-state index is -1.39. The standard InChI is InChI=1S/C29H36N2O7/c1-5-28-12-7-15-37-27(35)23(28)22-25(33)31(20(17-32)16-18(2)3)24-26(34)30(14-6-13-29(22,24)38-28)19-8-10-21(36-4)11-9-19/h6-13,18,20,22-24,32H,5,14-17H2,1-4H3/t20-,22+,23+,24?,28-,29+/m1/s1. The molecule has 1 N–H and O–H groups in total. The van der Waals surface area contributed by atoms with Crippen LogP contribution in [-0.4, -0.2) is 77.9 Å². The molecule has 1 aromatic rings. The zero-order valence-corrected chi connectivity index (χ0v) is 22.3. The first-order valence-electron chi connectivity index (χ1n) is 13.3. The zero-order valence-electron chi connectivity index (χ0n) is 22.3. The second-order valence-corrected chi connectivity index (χ2v) is 10.9. The number of benzene rings is 1. The highest BCUT2D eigenvalue weighted by Gasteiger charge is 2.76. The molecule has 204 valence electrons. The largest absolute Gasteiger partial charge is 0.497 e. The number of hydrogen-bond acceptors (Lipinski definition) is 7. The van der Waals surface area contributed by atoms with Crippen molar-refractivity contribution in [2.24, 2.45) is 17.8 Å². The third kappa shape index (κ3) is 3.86. The van der Waals surface area contributed by atoms with Crippen LogP contribution < -0.4 is 9.64 Å². The molecule has 4 heterocycles. The molecule has 6 atom stereocenters. The molecule has 0 aliphatic carbocycles. The number of esters is 1. The summed E-state index contributed by atoms with van der Waals surface area (Å²) in [5.41, 5.74) is -1.82. The summed E-state index contributed by atoms with van der Waals surface area (Å²) in [6, 6.07) is 5.48. The van der Waals surface area contributed by atoms with Crippen LogP contribution in [0, 0.1) is 17.8 Å². The first-order valence-corrected chi connectivity index (χ1v) is 13.3. The summed E-state index contributed by atoms with van der Waals surface area (Å²) in [6.07, 6.45) is 8.14. The van der Waals surface area contributed by atoms with Gasteiger partial charge in [-0.3, -0.25) is 14.4 Å². The van der Waals surface area contributed by atoms with E-state index in [1.54, 1.807) is 48.4 Å². The summed E-state index contributed by atoms with van der Waals surface area (Å²) >= 11 is 0. The minimum Gasteiger partial charge on any atom is -0.497 e. The number of anilines is 1. The number of cyclic esters (lactones) is 1. The molecule has 9 nitrogen and oxygen atoms in total. The fourth-order valence-corrected chi connectivity index (χ4v) is 6.74. The van der Waals surface area contributed by atoms with E-state index in [1.165, 1.54) is 4.90 Å². The molecule has 2 saturated heterocycles. The van der Waals surface area contributed by atoms with Crippen LogP contribution in [0.25, 0.3) is 0 Å². The average Bonchev–Trinajstić information content (AvgIpc) is 3.19. The maximum atomic E-state index is 14.5. The highest BCUT2D eigenvalue weighted by atomic mass is 16.6. The van der Waals surface area contributed by atoms with Crippen molar-refractivity contribution in [3.8, 4) is 5.75 Å². The Hall–Kier alpha value is -3.17. The fourth-order valence-electron chi connectivity index (χ4n) is 6.74. The number of methoxy groups -OCH3 is 1. The second-order valence-electron chi connectivity index (χ2n) is 10.9. The van der Waals surface area contributed by atoms with Gasteiger partial charge < -0.3 is 29.1 Å². The van der Waals surface area contributed by atoms with E-state index in [1.807, 2.05) is 32.9 Å². The van der Waals surface area contributed by atoms with Crippen LogP contribution in [0.4, 0.5) is 5.69 Å². The molecular formula is C29H36N2O7. The fraction of sp³-hybridized carbons (Fsp3) is 0.552. The molecule has 2 fully saturated rings. The number of carbonyl (C=O) groups is 3. The smallest absolute Gasteiger partial charge is 0.313 e. The molecule has 0 saturated carbocycles. The minimum absolute atomic E-state index is 0.105. The van der Waals surface area contributed by atoms with Gasteiger partial charge in [0, 0.05) is 12.2 Å². The maximum absolute atomic E-state index is 14.5. The number of aliphatic hydroxyl groups excluding tert-OH is 1. The quantitative estimate of drug-likeness (QED) is 0.432. The van der Waals surface area contributed by atoms with Gasteiger partial charge in [0.05, 0.1) is 25.7 Å². The van der Waals surface area contributed by atoms with Gasteiger partial charge in [-0.25, -0.2) is 0 Å². The molecule has 5 rings (SSSR count). The second kappa shape index (κ2) is 9.85. The number of fused-ring (bicyclic) bond motifs is 2. The molecular weight excluding hydrogens is 488 g/mol. The predicted octanol–water partition coefficient (Wildman–Crippen LogP) is 2.48. The van der Waals surface area contributed by atoms with Crippen molar-refractivity contribution in [2.45, 2.75) is 56.9 Å². The van der Waals surface area contributed by atoms with E-state index in [2.05, 4.69) is 0 Å². The Morgan fingerprint density at radius 1 is 1.08 bits per heavy atom. The van der Waals surface area contributed by atoms with E-state index < -0.39 is 41.1 Å². The molecule has 0 radical (unpaired) electrons. The van der Waals surface area contributed by atoms with Gasteiger partial charge in [0.25, 0.3) is 5.91 Å². The van der Waals surface area contributed by atoms with Gasteiger partial charge in [0.15, 0.2) is 0 Å². The molecule has 38 heavy (non-hydrogen) atoms. The van der Waals surface area contributed by atoms with E-state index in [0.29, 0.717) is 24.3 Å². The Kier molecular flexibility index (Phi) is 6.86. The normalized spacial score (nSPS) is 33.0. The lowest BCUT2D eigenvalue weighted by molar-refractivity contribution is -0.159. The monoisotopic (exact) mass is 524 g/mol. The lowest BCUT2D eigenvalue weighted by Gasteiger charge is -2.41. The van der Waals surface area contributed by atoms with Crippen LogP contribution >= 0.6 is 0 Å². The molecule has 1 spiro atoms. The highest BCUT2D eigenvalue weighted by molar-refractivity contribution is 6.05. The molecule has 0 bridgehead atoms. The summed E-state index contributed by atoms with van der Waals surface area (Å²) in [5.74, 6) is -2.24. The molecule has 4 aliphatic heterocycles. The number of nitrogens with zero attached hydrogens (tertiary/aromatic N) is 2. The first-order chi connectivity index (χ1) is 18.2. The maximum Gasteiger partial charge on any atom is 0.313 e. The lowest BCUT2D eigenvalue weighted by Crippen LogP contribution is -2.59. The number of carbonyl (C=O) groups excluding carboxylic acids is 3. The Morgan fingerprint density at radius 3 is 2.45 bits per heavy atom. The van der Waals surface area contributed by atoms with Gasteiger partial charge >= 0.3 is 5.97 Å². The van der Waals surface area contributed by atoms with Crippen LogP contribution in [0.1, 0.15) is 33.6 Å². The lowest BCUT2D eigenvalue weighted by atomic mass is 9.73. The Labute approximate surface area is 223 Å². The van der Waals surface area contributed by atoms with Gasteiger partial charge in [-0.1, -0.05) is 39.0 Å². The highest BCUT2D eigenvalue weighted by Crippen LogP contribution is 2.59. The summed E-state index contributed by atoms with van der Waals surface area (Å²) in [4.78, 5) is 45.3. The van der Waals surface area contributed by atoms with E-state index in [9.17, 15) is 19.5 Å². The zero-order chi connectivity index (χ0) is 27.2. The molecule has 1 aromatic carbocycles. The van der Waals surface area contributed by atoms with Crippen LogP contribution in [-0.2, 0) is 23.9 Å². The van der Waals surface area contributed by atoms with Crippen molar-refractivity contribution in [1.82, 2.24) is 4.90 Å². The number of hydrogen-bond donors (Lipinski definition) is 1. The van der Waals surface area contributed by atoms with Crippen LogP contribution in [0.15, 0.2) is 48.6 Å². The number of rotatable bonds is 7. The predicted molar refractivity (Wildman–Crippen MR) is 139 cm³/mol. The van der Waals surface area contributed by atoms with Crippen molar-refractivity contribution in [2.75, 3.05) is 31.8 Å². The van der Waals surface area contributed by atoms with Crippen molar-refractivity contribution in [3.63, 3.8) is 0 Å². The number of aliphatic hydroxyl groups is 1. The number of ether oxygens (including phenoxy) is 3. The van der Waals surface area contributed by atoms with Crippen LogP contribution in [0.5, 0.6) is 5.75 Å². The summed E-state index contributed by atoms with van der Waals surface area (Å²) in [6.45, 7) is 5.98. The Bertz CT molecular complexity index is 1160. The molecule has 1 unspecified atom stereocenters. The Balaban J connectivity index is 1.67. The van der Waals surface area contributed by atoms with E-state index in [0.717, 1.165) is 0 Å². The first kappa shape index (κ1) is 26.4. The van der Waals surface area contributed by atoms with Gasteiger partial charge in [0.2, 0.25) is 5.91 Å². The summed E-state index contributed by atoms with van der Waals surface area (Å²) < 4.78 is 17.6. The molecule has 0 aromatic heterocycles. The van der Waals surface area contributed by atoms with Gasteiger partial charge in [0.1, 0.15) is 35.5 Å². The number of likely N-dealkylation sites (tertiary alicyclic amines) is 1. The van der Waals surface area contributed by atoms with Crippen LogP contribution in [0.3, 0.4) is 0 Å². The Morgan fingerprint density at radius 2 is 1.82 bits per heavy atom. The van der Waals surface area contributed by atoms with E-state index >= 15 is 0 Å². The van der Waals surface area contributed by atoms with Gasteiger partial charge in [-0.05, 0) is 49.1 Å². The van der Waals surface area contributed by atoms with E-state index in [4.69, 9.17) is 14.2 Å². The topological polar surface area (TPSA) is 106 Å². The van der Waals surface area contributed by atoms with Crippen molar-refractivity contribution >= 4 is 23.5 Å². The summed E-state index contributed by atoms with van der Waals surface area (Å²) in [5, 5.41) is 10.4. The average molecular weight is 525 g/mol. The third-order valence-electron chi connectivity index (χ3n) is 8.37. The van der Waals surface area contributed by atoms with Gasteiger partial charge in [-0.15, -0.1) is 0 Å². The third-order valence-corrected chi connectivity index (χ3v) is 8.37. The SMILES string of the molecule is CC[C@@]12C=CCOC(=O)[C@@H]1[C@H]1C(=O)N([C@@H](CO)CC(C)C)C3C(=O)N(c4ccc(OC)cc4)CC=C[C@@]31O2.